The van der Waals surface area contributed by atoms with Gasteiger partial charge in [0.25, 0.3) is 5.91 Å². The zero-order valence-corrected chi connectivity index (χ0v) is 18.6. The molecule has 0 bridgehead atoms. The molecule has 1 N–H and O–H groups in total. The summed E-state index contributed by atoms with van der Waals surface area (Å²) in [5.74, 6) is -0.299. The maximum absolute atomic E-state index is 13.1. The third kappa shape index (κ3) is 4.05. The molecule has 30 heavy (non-hydrogen) atoms. The molecule has 1 aliphatic rings. The lowest BCUT2D eigenvalue weighted by Gasteiger charge is -2.22. The Kier molecular flexibility index (Phi) is 5.77. The summed E-state index contributed by atoms with van der Waals surface area (Å²) in [4.78, 5) is 19.9. The highest BCUT2D eigenvalue weighted by Crippen LogP contribution is 2.28. The van der Waals surface area contributed by atoms with Gasteiger partial charge in [0.2, 0.25) is 10.0 Å². The van der Waals surface area contributed by atoms with Gasteiger partial charge in [0, 0.05) is 32.9 Å². The topological polar surface area (TPSA) is 82.6 Å². The van der Waals surface area contributed by atoms with Crippen LogP contribution in [-0.4, -0.2) is 50.8 Å². The Bertz CT molecular complexity index is 1150. The number of aromatic nitrogens is 1. The van der Waals surface area contributed by atoms with E-state index in [0.717, 1.165) is 51.1 Å². The zero-order valence-electron chi connectivity index (χ0n) is 17.0. The number of amides is 1. The van der Waals surface area contributed by atoms with Crippen LogP contribution < -0.4 is 10.2 Å². The van der Waals surface area contributed by atoms with Gasteiger partial charge in [0.15, 0.2) is 0 Å². The first-order chi connectivity index (χ1) is 14.4. The largest absolute Gasteiger partial charge is 0.371 e. The lowest BCUT2D eigenvalue weighted by Crippen LogP contribution is -2.28. The monoisotopic (exact) mass is 444 g/mol. The Morgan fingerprint density at radius 2 is 1.90 bits per heavy atom. The third-order valence-corrected chi connectivity index (χ3v) is 8.02. The molecule has 1 aromatic heterocycles. The quantitative estimate of drug-likeness (QED) is 0.632. The van der Waals surface area contributed by atoms with Crippen molar-refractivity contribution in [3.8, 4) is 0 Å². The van der Waals surface area contributed by atoms with E-state index in [0.29, 0.717) is 12.1 Å². The van der Waals surface area contributed by atoms with Crippen molar-refractivity contribution in [3.63, 3.8) is 0 Å². The third-order valence-electron chi connectivity index (χ3n) is 5.18. The highest BCUT2D eigenvalue weighted by Gasteiger charge is 2.24. The number of nitrogens with zero attached hydrogens (tertiary/aromatic N) is 3. The van der Waals surface area contributed by atoms with Crippen molar-refractivity contribution in [2.24, 2.45) is 0 Å². The van der Waals surface area contributed by atoms with E-state index in [1.54, 1.807) is 12.1 Å². The molecule has 1 fully saturated rings. The molecule has 0 atom stereocenters. The van der Waals surface area contributed by atoms with Gasteiger partial charge in [-0.25, -0.2) is 17.7 Å². The van der Waals surface area contributed by atoms with Crippen molar-refractivity contribution in [2.75, 3.05) is 32.1 Å². The number of anilines is 1. The molecule has 2 heterocycles. The molecule has 1 aliphatic heterocycles. The Labute approximate surface area is 180 Å². The van der Waals surface area contributed by atoms with E-state index >= 15 is 0 Å². The van der Waals surface area contributed by atoms with Gasteiger partial charge in [-0.15, -0.1) is 11.3 Å². The van der Waals surface area contributed by atoms with E-state index in [9.17, 15) is 13.2 Å². The van der Waals surface area contributed by atoms with Crippen LogP contribution in [0.5, 0.6) is 0 Å². The molecule has 9 heteroatoms. The number of hydrogen-bond donors (Lipinski definition) is 1. The molecule has 158 valence electrons. The van der Waals surface area contributed by atoms with Crippen LogP contribution in [0.1, 0.15) is 28.2 Å². The average Bonchev–Trinajstić information content (AvgIpc) is 3.41. The first kappa shape index (κ1) is 20.8. The highest BCUT2D eigenvalue weighted by molar-refractivity contribution is 7.89. The van der Waals surface area contributed by atoms with Gasteiger partial charge in [-0.2, -0.15) is 0 Å². The molecule has 0 saturated carbocycles. The summed E-state index contributed by atoms with van der Waals surface area (Å²) in [5.41, 5.74) is 2.05. The molecule has 1 amide bonds. The summed E-state index contributed by atoms with van der Waals surface area (Å²) in [6.45, 7) is 2.01. The van der Waals surface area contributed by atoms with Crippen LogP contribution in [0, 0.1) is 0 Å². The van der Waals surface area contributed by atoms with Crippen molar-refractivity contribution in [1.82, 2.24) is 14.6 Å². The minimum Gasteiger partial charge on any atom is -0.371 e. The van der Waals surface area contributed by atoms with Gasteiger partial charge in [0.1, 0.15) is 5.01 Å². The van der Waals surface area contributed by atoms with Crippen LogP contribution in [0.2, 0.25) is 0 Å². The number of benzene rings is 2. The van der Waals surface area contributed by atoms with E-state index in [2.05, 4.69) is 15.2 Å². The van der Waals surface area contributed by atoms with Crippen LogP contribution in [0.15, 0.2) is 47.4 Å². The second-order valence-electron chi connectivity index (χ2n) is 7.42. The number of thiazole rings is 1. The number of rotatable bonds is 6. The number of sulfonamides is 1. The standard InChI is InChI=1S/C21H24N4O3S2/c1-24(2)30(27,28)15-9-10-18(25-11-5-6-12-25)16(13-15)21(26)22-14-20-23-17-7-3-4-8-19(17)29-20/h3-4,7-10,13H,5-6,11-12,14H2,1-2H3,(H,22,26). The minimum atomic E-state index is -3.63. The van der Waals surface area contributed by atoms with Crippen LogP contribution in [0.25, 0.3) is 10.2 Å². The molecule has 7 nitrogen and oxygen atoms in total. The normalized spacial score (nSPS) is 14.6. The zero-order chi connectivity index (χ0) is 21.3. The fourth-order valence-corrected chi connectivity index (χ4v) is 5.38. The Balaban J connectivity index is 1.63. The van der Waals surface area contributed by atoms with E-state index in [4.69, 9.17) is 0 Å². The van der Waals surface area contributed by atoms with Crippen molar-refractivity contribution in [3.05, 3.63) is 53.0 Å². The van der Waals surface area contributed by atoms with Crippen LogP contribution in [0.4, 0.5) is 5.69 Å². The number of fused-ring (bicyclic) bond motifs is 1. The first-order valence-electron chi connectivity index (χ1n) is 9.80. The summed E-state index contributed by atoms with van der Waals surface area (Å²) in [7, 11) is -0.668. The molecule has 4 rings (SSSR count). The molecule has 0 radical (unpaired) electrons. The highest BCUT2D eigenvalue weighted by atomic mass is 32.2. The molecule has 0 spiro atoms. The molecule has 1 saturated heterocycles. The average molecular weight is 445 g/mol. The van der Waals surface area contributed by atoms with Gasteiger partial charge >= 0.3 is 0 Å². The lowest BCUT2D eigenvalue weighted by atomic mass is 10.1. The summed E-state index contributed by atoms with van der Waals surface area (Å²) in [6.07, 6.45) is 2.12. The molecule has 0 aliphatic carbocycles. The SMILES string of the molecule is CN(C)S(=O)(=O)c1ccc(N2CCCC2)c(C(=O)NCc2nc3ccccc3s2)c1. The smallest absolute Gasteiger partial charge is 0.253 e. The summed E-state index contributed by atoms with van der Waals surface area (Å²) >= 11 is 1.54. The Morgan fingerprint density at radius 1 is 1.17 bits per heavy atom. The van der Waals surface area contributed by atoms with Gasteiger partial charge in [-0.1, -0.05) is 12.1 Å². The fraction of sp³-hybridized carbons (Fsp3) is 0.333. The number of para-hydroxylation sites is 1. The molecule has 2 aromatic carbocycles. The van der Waals surface area contributed by atoms with Crippen LogP contribution in [0.3, 0.4) is 0 Å². The lowest BCUT2D eigenvalue weighted by molar-refractivity contribution is 0.0951. The Hall–Kier alpha value is -2.49. The predicted octanol–water partition coefficient (Wildman–Crippen LogP) is 3.08. The second-order valence-corrected chi connectivity index (χ2v) is 10.7. The molecular weight excluding hydrogens is 420 g/mol. The van der Waals surface area contributed by atoms with Gasteiger partial charge in [0.05, 0.1) is 27.2 Å². The van der Waals surface area contributed by atoms with E-state index < -0.39 is 10.0 Å². The Morgan fingerprint density at radius 3 is 2.60 bits per heavy atom. The van der Waals surface area contributed by atoms with Crippen molar-refractivity contribution in [2.45, 2.75) is 24.3 Å². The number of carbonyl (C=O) groups excluding carboxylic acids is 1. The molecule has 3 aromatic rings. The molecule has 0 unspecified atom stereocenters. The van der Waals surface area contributed by atoms with Gasteiger partial charge in [-0.3, -0.25) is 4.79 Å². The van der Waals surface area contributed by atoms with Crippen LogP contribution >= 0.6 is 11.3 Å². The maximum Gasteiger partial charge on any atom is 0.253 e. The fourth-order valence-electron chi connectivity index (χ4n) is 3.55. The van der Waals surface area contributed by atoms with E-state index in [1.807, 2.05) is 24.3 Å². The number of nitrogens with one attached hydrogen (secondary N) is 1. The van der Waals surface area contributed by atoms with Crippen molar-refractivity contribution >= 4 is 43.2 Å². The summed E-state index contributed by atoms with van der Waals surface area (Å²) in [6, 6.07) is 12.6. The summed E-state index contributed by atoms with van der Waals surface area (Å²) in [5, 5.41) is 3.73. The van der Waals surface area contributed by atoms with Crippen molar-refractivity contribution < 1.29 is 13.2 Å². The molecular formula is C21H24N4O3S2. The number of hydrogen-bond acceptors (Lipinski definition) is 6. The first-order valence-corrected chi connectivity index (χ1v) is 12.1. The predicted molar refractivity (Wildman–Crippen MR) is 120 cm³/mol. The van der Waals surface area contributed by atoms with Gasteiger partial charge < -0.3 is 10.2 Å². The van der Waals surface area contributed by atoms with Crippen molar-refractivity contribution in [1.29, 1.82) is 0 Å². The minimum absolute atomic E-state index is 0.112. The van der Waals surface area contributed by atoms with E-state index in [-0.39, 0.29) is 10.8 Å². The summed E-state index contributed by atoms with van der Waals surface area (Å²) < 4.78 is 27.4. The second kappa shape index (κ2) is 8.33. The van der Waals surface area contributed by atoms with Gasteiger partial charge in [-0.05, 0) is 43.2 Å². The number of carbonyl (C=O) groups is 1. The van der Waals surface area contributed by atoms with E-state index in [1.165, 1.54) is 31.5 Å². The van der Waals surface area contributed by atoms with Crippen LogP contribution in [-0.2, 0) is 16.6 Å². The maximum atomic E-state index is 13.1.